The van der Waals surface area contributed by atoms with Gasteiger partial charge in [0.15, 0.2) is 0 Å². The van der Waals surface area contributed by atoms with E-state index in [0.717, 1.165) is 4.88 Å². The number of hydrogen-bond donors (Lipinski definition) is 2. The predicted octanol–water partition coefficient (Wildman–Crippen LogP) is 0.997. The quantitative estimate of drug-likeness (QED) is 0.831. The van der Waals surface area contributed by atoms with Gasteiger partial charge in [-0.1, -0.05) is 0 Å². The molecular formula is C11H17NO3S. The molecule has 2 N–H and O–H groups in total. The van der Waals surface area contributed by atoms with Crippen molar-refractivity contribution in [1.82, 2.24) is 0 Å². The van der Waals surface area contributed by atoms with Crippen LogP contribution in [0, 0.1) is 0 Å². The molecular weight excluding hydrogens is 226 g/mol. The Bertz CT molecular complexity index is 353. The Hall–Kier alpha value is -0.620. The van der Waals surface area contributed by atoms with Gasteiger partial charge in [-0.25, -0.2) is 0 Å². The van der Waals surface area contributed by atoms with Crippen molar-refractivity contribution in [1.29, 1.82) is 0 Å². The fraction of sp³-hybridized carbons (Fsp3) is 0.636. The van der Waals surface area contributed by atoms with Crippen LogP contribution in [0.15, 0.2) is 12.1 Å². The summed E-state index contributed by atoms with van der Waals surface area (Å²) < 4.78 is 5.59. The van der Waals surface area contributed by atoms with Crippen molar-refractivity contribution in [3.05, 3.63) is 17.0 Å². The second-order valence-electron chi connectivity index (χ2n) is 4.22. The molecule has 1 aromatic rings. The summed E-state index contributed by atoms with van der Waals surface area (Å²) in [5.41, 5.74) is 0. The van der Waals surface area contributed by atoms with Crippen molar-refractivity contribution in [2.45, 2.75) is 24.7 Å². The van der Waals surface area contributed by atoms with Crippen LogP contribution in [0.25, 0.3) is 0 Å². The van der Waals surface area contributed by atoms with E-state index in [4.69, 9.17) is 9.84 Å². The molecule has 16 heavy (non-hydrogen) atoms. The zero-order chi connectivity index (χ0) is 11.7. The van der Waals surface area contributed by atoms with E-state index >= 15 is 0 Å². The Morgan fingerprint density at radius 2 is 2.25 bits per heavy atom. The molecule has 3 atom stereocenters. The zero-order valence-electron chi connectivity index (χ0n) is 9.46. The molecule has 0 radical (unpaired) electrons. The Morgan fingerprint density at radius 1 is 1.50 bits per heavy atom. The van der Waals surface area contributed by atoms with E-state index < -0.39 is 12.2 Å². The van der Waals surface area contributed by atoms with Crippen LogP contribution in [0.4, 0.5) is 5.00 Å². The van der Waals surface area contributed by atoms with E-state index in [1.165, 1.54) is 5.00 Å². The fourth-order valence-electron chi connectivity index (χ4n) is 1.83. The van der Waals surface area contributed by atoms with Gasteiger partial charge in [0.05, 0.1) is 23.8 Å². The Balaban J connectivity index is 2.08. The second kappa shape index (κ2) is 4.71. The van der Waals surface area contributed by atoms with Crippen molar-refractivity contribution in [3.63, 3.8) is 0 Å². The van der Waals surface area contributed by atoms with Gasteiger partial charge in [0.25, 0.3) is 0 Å². The highest BCUT2D eigenvalue weighted by atomic mass is 32.1. The largest absolute Gasteiger partial charge is 0.394 e. The lowest BCUT2D eigenvalue weighted by molar-refractivity contribution is -0.0216. The molecule has 0 spiro atoms. The molecule has 90 valence electrons. The number of ether oxygens (including phenoxy) is 1. The van der Waals surface area contributed by atoms with Gasteiger partial charge in [-0.05, 0) is 12.1 Å². The van der Waals surface area contributed by atoms with Gasteiger partial charge in [-0.3, -0.25) is 0 Å². The highest BCUT2D eigenvalue weighted by Crippen LogP contribution is 2.38. The third-order valence-electron chi connectivity index (χ3n) is 2.77. The van der Waals surface area contributed by atoms with Crippen molar-refractivity contribution in [2.75, 3.05) is 25.6 Å². The summed E-state index contributed by atoms with van der Waals surface area (Å²) >= 11 is 1.66. The van der Waals surface area contributed by atoms with Crippen molar-refractivity contribution >= 4 is 16.3 Å². The minimum Gasteiger partial charge on any atom is -0.394 e. The smallest absolute Gasteiger partial charge is 0.107 e. The van der Waals surface area contributed by atoms with Gasteiger partial charge in [-0.2, -0.15) is 0 Å². The van der Waals surface area contributed by atoms with Crippen LogP contribution in [0.5, 0.6) is 0 Å². The first-order chi connectivity index (χ1) is 7.61. The van der Waals surface area contributed by atoms with Crippen LogP contribution in [-0.2, 0) is 4.74 Å². The molecule has 0 amide bonds. The van der Waals surface area contributed by atoms with E-state index in [0.29, 0.717) is 6.42 Å². The maximum atomic E-state index is 9.65. The lowest BCUT2D eigenvalue weighted by atomic mass is 10.1. The number of aliphatic hydroxyl groups is 2. The van der Waals surface area contributed by atoms with Gasteiger partial charge in [0.1, 0.15) is 6.10 Å². The first kappa shape index (κ1) is 11.9. The summed E-state index contributed by atoms with van der Waals surface area (Å²) in [7, 11) is 3.99. The van der Waals surface area contributed by atoms with Crippen LogP contribution in [0.1, 0.15) is 17.4 Å². The normalized spacial score (nSPS) is 29.6. The van der Waals surface area contributed by atoms with Crippen LogP contribution in [0.2, 0.25) is 0 Å². The molecule has 0 aliphatic carbocycles. The molecule has 1 saturated heterocycles. The summed E-state index contributed by atoms with van der Waals surface area (Å²) in [6.45, 7) is -0.121. The average molecular weight is 243 g/mol. The van der Waals surface area contributed by atoms with Crippen LogP contribution >= 0.6 is 11.3 Å². The van der Waals surface area contributed by atoms with Crippen molar-refractivity contribution < 1.29 is 14.9 Å². The van der Waals surface area contributed by atoms with E-state index in [1.54, 1.807) is 11.3 Å². The Morgan fingerprint density at radius 3 is 2.75 bits per heavy atom. The summed E-state index contributed by atoms with van der Waals surface area (Å²) in [6, 6.07) is 4.07. The Labute approximate surface area is 99.1 Å². The molecule has 1 aliphatic rings. The molecule has 1 aliphatic heterocycles. The third-order valence-corrected chi connectivity index (χ3v) is 4.12. The van der Waals surface area contributed by atoms with E-state index in [1.807, 2.05) is 31.1 Å². The van der Waals surface area contributed by atoms with E-state index in [-0.39, 0.29) is 12.7 Å². The molecule has 1 aromatic heterocycles. The zero-order valence-corrected chi connectivity index (χ0v) is 10.3. The molecule has 4 nitrogen and oxygen atoms in total. The molecule has 2 rings (SSSR count). The molecule has 2 heterocycles. The molecule has 0 aromatic carbocycles. The topological polar surface area (TPSA) is 52.9 Å². The molecule has 0 unspecified atom stereocenters. The monoisotopic (exact) mass is 243 g/mol. The fourth-order valence-corrected chi connectivity index (χ4v) is 2.81. The van der Waals surface area contributed by atoms with Gasteiger partial charge in [-0.15, -0.1) is 11.3 Å². The summed E-state index contributed by atoms with van der Waals surface area (Å²) in [5, 5.41) is 19.8. The number of anilines is 1. The first-order valence-corrected chi connectivity index (χ1v) is 6.15. The van der Waals surface area contributed by atoms with Crippen molar-refractivity contribution in [3.8, 4) is 0 Å². The highest BCUT2D eigenvalue weighted by Gasteiger charge is 2.34. The van der Waals surface area contributed by atoms with Crippen LogP contribution < -0.4 is 4.90 Å². The highest BCUT2D eigenvalue weighted by molar-refractivity contribution is 7.16. The number of nitrogens with zero attached hydrogens (tertiary/aromatic N) is 1. The molecule has 5 heteroatoms. The van der Waals surface area contributed by atoms with Gasteiger partial charge in [0.2, 0.25) is 0 Å². The van der Waals surface area contributed by atoms with Gasteiger partial charge >= 0.3 is 0 Å². The number of hydrogen-bond acceptors (Lipinski definition) is 5. The summed E-state index contributed by atoms with van der Waals surface area (Å²) in [5.74, 6) is 0. The number of rotatable bonds is 3. The van der Waals surface area contributed by atoms with E-state index in [2.05, 4.69) is 0 Å². The SMILES string of the molecule is CN(C)c1ccc([C@H]2C[C@H](O)[C@@H](CO)O2)s1. The minimum atomic E-state index is -0.556. The first-order valence-electron chi connectivity index (χ1n) is 5.33. The predicted molar refractivity (Wildman–Crippen MR) is 64.0 cm³/mol. The van der Waals surface area contributed by atoms with Crippen molar-refractivity contribution in [2.24, 2.45) is 0 Å². The third kappa shape index (κ3) is 2.22. The van der Waals surface area contributed by atoms with Crippen LogP contribution in [-0.4, -0.2) is 43.1 Å². The summed E-state index contributed by atoms with van der Waals surface area (Å²) in [6.07, 6.45) is -0.501. The molecule has 0 bridgehead atoms. The minimum absolute atomic E-state index is 0.0779. The lowest BCUT2D eigenvalue weighted by Crippen LogP contribution is -2.24. The molecule has 1 fully saturated rings. The second-order valence-corrected chi connectivity index (χ2v) is 5.31. The van der Waals surface area contributed by atoms with Gasteiger partial charge in [0, 0.05) is 25.4 Å². The standard InChI is InChI=1S/C11H17NO3S/c1-12(2)11-4-3-10(16-11)8-5-7(14)9(6-13)15-8/h3-4,7-9,13-14H,5-6H2,1-2H3/t7-,8+,9+/m0/s1. The maximum absolute atomic E-state index is 9.65. The number of thiophene rings is 1. The van der Waals surface area contributed by atoms with Crippen LogP contribution in [0.3, 0.4) is 0 Å². The average Bonchev–Trinajstić information content (AvgIpc) is 2.83. The lowest BCUT2D eigenvalue weighted by Gasteiger charge is -2.11. The molecule has 0 saturated carbocycles. The Kier molecular flexibility index (Phi) is 3.49. The maximum Gasteiger partial charge on any atom is 0.107 e. The number of aliphatic hydroxyl groups excluding tert-OH is 2. The van der Waals surface area contributed by atoms with Gasteiger partial charge < -0.3 is 19.8 Å². The summed E-state index contributed by atoms with van der Waals surface area (Å²) in [4.78, 5) is 3.15. The van der Waals surface area contributed by atoms with E-state index in [9.17, 15) is 5.11 Å².